The first-order chi connectivity index (χ1) is 6.84. The molecular formula is C9H14N4S. The summed E-state index contributed by atoms with van der Waals surface area (Å²) in [4.78, 5) is 8.16. The molecule has 4 nitrogen and oxygen atoms in total. The molecule has 0 unspecified atom stereocenters. The summed E-state index contributed by atoms with van der Waals surface area (Å²) >= 11 is 2.02. The van der Waals surface area contributed by atoms with Crippen LogP contribution in [-0.4, -0.2) is 27.5 Å². The van der Waals surface area contributed by atoms with Crippen LogP contribution < -0.4 is 11.1 Å². The van der Waals surface area contributed by atoms with Crippen LogP contribution in [0.25, 0.3) is 0 Å². The topological polar surface area (TPSA) is 63.8 Å². The third-order valence-electron chi connectivity index (χ3n) is 2.25. The van der Waals surface area contributed by atoms with E-state index in [1.165, 1.54) is 24.3 Å². The fourth-order valence-corrected chi connectivity index (χ4v) is 2.57. The highest BCUT2D eigenvalue weighted by Gasteiger charge is 2.13. The van der Waals surface area contributed by atoms with Crippen LogP contribution in [0.2, 0.25) is 0 Å². The number of aromatic nitrogens is 2. The Morgan fingerprint density at radius 2 is 2.07 bits per heavy atom. The molecule has 0 atom stereocenters. The Balaban J connectivity index is 1.92. The smallest absolute Gasteiger partial charge is 0.144 e. The van der Waals surface area contributed by atoms with E-state index in [1.807, 2.05) is 11.8 Å². The van der Waals surface area contributed by atoms with Gasteiger partial charge in [0, 0.05) is 6.04 Å². The number of nitrogens with two attached hydrogens (primary N) is 1. The molecule has 1 aliphatic heterocycles. The second kappa shape index (κ2) is 4.50. The Hall–Kier alpha value is -0.970. The van der Waals surface area contributed by atoms with E-state index in [4.69, 9.17) is 5.73 Å². The maximum Gasteiger partial charge on any atom is 0.144 e. The molecule has 1 aromatic heterocycles. The molecule has 0 bridgehead atoms. The molecule has 0 aliphatic carbocycles. The molecule has 0 radical (unpaired) electrons. The average Bonchev–Trinajstić information content (AvgIpc) is 2.23. The minimum absolute atomic E-state index is 0.467. The van der Waals surface area contributed by atoms with Crippen molar-refractivity contribution in [2.24, 2.45) is 0 Å². The maximum absolute atomic E-state index is 5.46. The van der Waals surface area contributed by atoms with E-state index >= 15 is 0 Å². The van der Waals surface area contributed by atoms with E-state index in [-0.39, 0.29) is 0 Å². The zero-order valence-corrected chi connectivity index (χ0v) is 8.76. The van der Waals surface area contributed by atoms with Crippen molar-refractivity contribution in [3.63, 3.8) is 0 Å². The largest absolute Gasteiger partial charge is 0.382 e. The fourth-order valence-electron chi connectivity index (χ4n) is 1.46. The normalized spacial score (nSPS) is 18.0. The molecule has 0 amide bonds. The van der Waals surface area contributed by atoms with Crippen molar-refractivity contribution < 1.29 is 0 Å². The van der Waals surface area contributed by atoms with Gasteiger partial charge in [-0.1, -0.05) is 0 Å². The molecule has 1 saturated heterocycles. The highest BCUT2D eigenvalue weighted by Crippen LogP contribution is 2.19. The summed E-state index contributed by atoms with van der Waals surface area (Å²) in [5, 5.41) is 3.37. The van der Waals surface area contributed by atoms with Gasteiger partial charge in [0.25, 0.3) is 0 Å². The summed E-state index contributed by atoms with van der Waals surface area (Å²) in [6, 6.07) is 0.550. The van der Waals surface area contributed by atoms with Crippen LogP contribution in [0.3, 0.4) is 0 Å². The molecule has 0 spiro atoms. The van der Waals surface area contributed by atoms with Crippen LogP contribution in [0.15, 0.2) is 12.4 Å². The van der Waals surface area contributed by atoms with Gasteiger partial charge in [0.15, 0.2) is 0 Å². The van der Waals surface area contributed by atoms with Gasteiger partial charge in [0.1, 0.15) is 11.6 Å². The first-order valence-electron chi connectivity index (χ1n) is 4.76. The fraction of sp³-hybridized carbons (Fsp3) is 0.556. The van der Waals surface area contributed by atoms with E-state index in [0.717, 1.165) is 5.82 Å². The number of nitrogens with one attached hydrogen (secondary N) is 1. The van der Waals surface area contributed by atoms with E-state index in [2.05, 4.69) is 15.3 Å². The highest BCUT2D eigenvalue weighted by atomic mass is 32.2. The van der Waals surface area contributed by atoms with E-state index in [0.29, 0.717) is 11.9 Å². The number of rotatable bonds is 2. The molecule has 5 heteroatoms. The molecule has 1 aromatic rings. The molecule has 2 heterocycles. The zero-order valence-electron chi connectivity index (χ0n) is 7.94. The number of anilines is 2. The average molecular weight is 210 g/mol. The van der Waals surface area contributed by atoms with Crippen molar-refractivity contribution in [3.8, 4) is 0 Å². The van der Waals surface area contributed by atoms with Crippen molar-refractivity contribution in [1.82, 2.24) is 9.97 Å². The van der Waals surface area contributed by atoms with Gasteiger partial charge in [-0.3, -0.25) is 0 Å². The van der Waals surface area contributed by atoms with Crippen LogP contribution in [0.4, 0.5) is 11.6 Å². The summed E-state index contributed by atoms with van der Waals surface area (Å²) in [7, 11) is 0. The molecule has 1 aliphatic rings. The minimum Gasteiger partial charge on any atom is -0.382 e. The Bertz CT molecular complexity index is 281. The number of nitrogen functional groups attached to an aromatic ring is 1. The summed E-state index contributed by atoms with van der Waals surface area (Å²) in [5.74, 6) is 3.77. The highest BCUT2D eigenvalue weighted by molar-refractivity contribution is 7.99. The zero-order chi connectivity index (χ0) is 9.80. The monoisotopic (exact) mass is 210 g/mol. The Morgan fingerprint density at radius 1 is 1.29 bits per heavy atom. The number of hydrogen-bond acceptors (Lipinski definition) is 5. The van der Waals surface area contributed by atoms with E-state index in [9.17, 15) is 0 Å². The molecule has 2 rings (SSSR count). The lowest BCUT2D eigenvalue weighted by molar-refractivity contribution is 0.663. The molecule has 0 aromatic carbocycles. The number of thioether (sulfide) groups is 1. The van der Waals surface area contributed by atoms with Crippen molar-refractivity contribution in [1.29, 1.82) is 0 Å². The second-order valence-electron chi connectivity index (χ2n) is 3.36. The van der Waals surface area contributed by atoms with Crippen molar-refractivity contribution in [3.05, 3.63) is 12.4 Å². The van der Waals surface area contributed by atoms with Crippen LogP contribution in [0.1, 0.15) is 12.8 Å². The van der Waals surface area contributed by atoms with Gasteiger partial charge in [0.2, 0.25) is 0 Å². The lowest BCUT2D eigenvalue weighted by Gasteiger charge is -2.22. The summed E-state index contributed by atoms with van der Waals surface area (Å²) < 4.78 is 0. The van der Waals surface area contributed by atoms with Gasteiger partial charge >= 0.3 is 0 Å². The molecule has 76 valence electrons. The number of nitrogens with zero attached hydrogens (tertiary/aromatic N) is 2. The van der Waals surface area contributed by atoms with Gasteiger partial charge in [-0.2, -0.15) is 11.8 Å². The first kappa shape index (κ1) is 9.58. The molecule has 0 saturated carbocycles. The lowest BCUT2D eigenvalue weighted by atomic mass is 10.1. The maximum atomic E-state index is 5.46. The van der Waals surface area contributed by atoms with Gasteiger partial charge < -0.3 is 11.1 Å². The van der Waals surface area contributed by atoms with Gasteiger partial charge in [0.05, 0.1) is 12.4 Å². The molecule has 3 N–H and O–H groups in total. The summed E-state index contributed by atoms with van der Waals surface area (Å²) in [6.45, 7) is 0. The van der Waals surface area contributed by atoms with Crippen molar-refractivity contribution >= 4 is 23.4 Å². The quantitative estimate of drug-likeness (QED) is 0.771. The standard InChI is InChI=1S/C9H14N4S/c10-8-5-12-9(6-11-8)13-7-1-3-14-4-2-7/h5-7H,1-4H2,(H2,10,11)(H,12,13). The SMILES string of the molecule is Nc1cnc(NC2CCSCC2)cn1. The Labute approximate surface area is 87.7 Å². The predicted octanol–water partition coefficient (Wildman–Crippen LogP) is 1.37. The minimum atomic E-state index is 0.467. The molecule has 1 fully saturated rings. The van der Waals surface area contributed by atoms with Crippen LogP contribution in [-0.2, 0) is 0 Å². The van der Waals surface area contributed by atoms with Gasteiger partial charge in [-0.25, -0.2) is 9.97 Å². The molecule has 14 heavy (non-hydrogen) atoms. The molecular weight excluding hydrogens is 196 g/mol. The lowest BCUT2D eigenvalue weighted by Crippen LogP contribution is -2.25. The predicted molar refractivity (Wildman–Crippen MR) is 60.4 cm³/mol. The first-order valence-corrected chi connectivity index (χ1v) is 5.92. The third-order valence-corrected chi connectivity index (χ3v) is 3.29. The Morgan fingerprint density at radius 3 is 2.71 bits per heavy atom. The third kappa shape index (κ3) is 2.51. The summed E-state index contributed by atoms with van der Waals surface area (Å²) in [5.41, 5.74) is 5.46. The second-order valence-corrected chi connectivity index (χ2v) is 4.58. The number of hydrogen-bond donors (Lipinski definition) is 2. The van der Waals surface area contributed by atoms with Gasteiger partial charge in [-0.05, 0) is 24.3 Å². The van der Waals surface area contributed by atoms with Crippen LogP contribution >= 0.6 is 11.8 Å². The van der Waals surface area contributed by atoms with Crippen LogP contribution in [0.5, 0.6) is 0 Å². The Kier molecular flexibility index (Phi) is 3.08. The van der Waals surface area contributed by atoms with Crippen molar-refractivity contribution in [2.45, 2.75) is 18.9 Å². The van der Waals surface area contributed by atoms with E-state index < -0.39 is 0 Å². The van der Waals surface area contributed by atoms with E-state index in [1.54, 1.807) is 12.4 Å². The van der Waals surface area contributed by atoms with Crippen molar-refractivity contribution in [2.75, 3.05) is 22.6 Å². The summed E-state index contributed by atoms with van der Waals surface area (Å²) in [6.07, 6.45) is 5.68. The van der Waals surface area contributed by atoms with Gasteiger partial charge in [-0.15, -0.1) is 0 Å². The van der Waals surface area contributed by atoms with Crippen LogP contribution in [0, 0.1) is 0 Å².